The maximum atomic E-state index is 13.6. The Balaban J connectivity index is 1.67. The lowest BCUT2D eigenvalue weighted by Gasteiger charge is -2.38. The Morgan fingerprint density at radius 2 is 1.88 bits per heavy atom. The number of ether oxygens (including phenoxy) is 1. The molecule has 0 bridgehead atoms. The summed E-state index contributed by atoms with van der Waals surface area (Å²) in [7, 11) is 0. The highest BCUT2D eigenvalue weighted by atomic mass is 16.5. The number of hydrogen-bond donors (Lipinski definition) is 0. The molecule has 0 atom stereocenters. The largest absolute Gasteiger partial charge is 0.380 e. The highest BCUT2D eigenvalue weighted by Gasteiger charge is 2.35. The molecule has 1 saturated heterocycles. The topological polar surface area (TPSA) is 67.9 Å². The van der Waals surface area contributed by atoms with E-state index in [0.29, 0.717) is 31.7 Å². The van der Waals surface area contributed by atoms with Gasteiger partial charge in [0.25, 0.3) is 5.56 Å². The fraction of sp³-hybridized carbons (Fsp3) is 0.393. The van der Waals surface area contributed by atoms with Crippen LogP contribution in [-0.2, 0) is 24.1 Å². The first-order valence-electron chi connectivity index (χ1n) is 11.7. The second-order valence-electron chi connectivity index (χ2n) is 9.41. The number of unbranched alkanes of at least 4 members (excludes halogenated alkanes) is 1. The number of aryl methyl sites for hydroxylation is 2. The first kappa shape index (κ1) is 22.9. The van der Waals surface area contributed by atoms with Gasteiger partial charge in [0.15, 0.2) is 0 Å². The molecule has 0 radical (unpaired) electrons. The van der Waals surface area contributed by atoms with E-state index in [9.17, 15) is 10.1 Å². The lowest BCUT2D eigenvalue weighted by Crippen LogP contribution is -2.46. The Morgan fingerprint density at radius 3 is 2.52 bits per heavy atom. The van der Waals surface area contributed by atoms with Crippen molar-refractivity contribution in [1.29, 1.82) is 5.26 Å². The molecule has 2 heterocycles. The standard InChI is InChI=1S/C28H31N3O2/c1-4-5-10-26-25(27(32)31(20(2)30-26)17-28(3)18-33-19-28)15-21-11-13-22(14-12-21)24-9-7-6-8-23(24)16-29/h6-9,11-14H,4-5,10,15,17-19H2,1-3H3. The monoisotopic (exact) mass is 441 g/mol. The van der Waals surface area contributed by atoms with Crippen LogP contribution in [0.3, 0.4) is 0 Å². The first-order valence-corrected chi connectivity index (χ1v) is 11.7. The van der Waals surface area contributed by atoms with Crippen molar-refractivity contribution in [2.45, 2.75) is 53.0 Å². The Kier molecular flexibility index (Phi) is 6.76. The van der Waals surface area contributed by atoms with E-state index < -0.39 is 0 Å². The molecule has 0 aliphatic carbocycles. The zero-order valence-electron chi connectivity index (χ0n) is 19.7. The van der Waals surface area contributed by atoms with Crippen LogP contribution >= 0.6 is 0 Å². The van der Waals surface area contributed by atoms with Gasteiger partial charge in [-0.25, -0.2) is 4.98 Å². The molecule has 1 aliphatic rings. The van der Waals surface area contributed by atoms with Crippen molar-refractivity contribution in [2.75, 3.05) is 13.2 Å². The molecule has 1 fully saturated rings. The first-order chi connectivity index (χ1) is 15.9. The van der Waals surface area contributed by atoms with Crippen LogP contribution in [0.25, 0.3) is 11.1 Å². The summed E-state index contributed by atoms with van der Waals surface area (Å²) >= 11 is 0. The van der Waals surface area contributed by atoms with Crippen LogP contribution < -0.4 is 5.56 Å². The second-order valence-corrected chi connectivity index (χ2v) is 9.41. The van der Waals surface area contributed by atoms with E-state index in [1.54, 1.807) is 0 Å². The van der Waals surface area contributed by atoms with E-state index in [4.69, 9.17) is 9.72 Å². The Hall–Kier alpha value is -3.23. The van der Waals surface area contributed by atoms with E-state index in [1.807, 2.05) is 47.9 Å². The minimum Gasteiger partial charge on any atom is -0.380 e. The molecule has 0 N–H and O–H groups in total. The fourth-order valence-electron chi connectivity index (χ4n) is 4.43. The number of nitrogens with zero attached hydrogens (tertiary/aromatic N) is 3. The normalized spacial score (nSPS) is 14.5. The lowest BCUT2D eigenvalue weighted by atomic mass is 9.88. The average Bonchev–Trinajstić information content (AvgIpc) is 2.81. The fourth-order valence-corrected chi connectivity index (χ4v) is 4.43. The van der Waals surface area contributed by atoms with Crippen molar-refractivity contribution >= 4 is 0 Å². The van der Waals surface area contributed by atoms with Crippen molar-refractivity contribution in [3.8, 4) is 17.2 Å². The van der Waals surface area contributed by atoms with Gasteiger partial charge in [-0.05, 0) is 42.5 Å². The van der Waals surface area contributed by atoms with Gasteiger partial charge in [-0.15, -0.1) is 0 Å². The Labute approximate surface area is 195 Å². The van der Waals surface area contributed by atoms with Gasteiger partial charge in [-0.1, -0.05) is 62.7 Å². The zero-order valence-corrected chi connectivity index (χ0v) is 19.7. The summed E-state index contributed by atoms with van der Waals surface area (Å²) in [5.74, 6) is 0.784. The van der Waals surface area contributed by atoms with E-state index in [0.717, 1.165) is 53.0 Å². The van der Waals surface area contributed by atoms with E-state index in [-0.39, 0.29) is 11.0 Å². The molecule has 0 amide bonds. The van der Waals surface area contributed by atoms with E-state index in [1.165, 1.54) is 0 Å². The molecule has 1 aromatic heterocycles. The molecule has 3 aromatic rings. The summed E-state index contributed by atoms with van der Waals surface area (Å²) in [6.07, 6.45) is 3.44. The number of aromatic nitrogens is 2. The summed E-state index contributed by atoms with van der Waals surface area (Å²) in [5.41, 5.74) is 5.43. The molecule has 0 unspecified atom stereocenters. The summed E-state index contributed by atoms with van der Waals surface area (Å²) in [5, 5.41) is 9.41. The number of rotatable bonds is 8. The number of nitriles is 1. The molecule has 2 aromatic carbocycles. The maximum Gasteiger partial charge on any atom is 0.257 e. The van der Waals surface area contributed by atoms with Gasteiger partial charge >= 0.3 is 0 Å². The van der Waals surface area contributed by atoms with Crippen molar-refractivity contribution < 1.29 is 4.74 Å². The molecule has 170 valence electrons. The van der Waals surface area contributed by atoms with Gasteiger partial charge in [0.05, 0.1) is 30.5 Å². The summed E-state index contributed by atoms with van der Waals surface area (Å²) in [6.45, 7) is 8.24. The van der Waals surface area contributed by atoms with Gasteiger partial charge in [0, 0.05) is 23.9 Å². The lowest BCUT2D eigenvalue weighted by molar-refractivity contribution is -0.110. The Bertz CT molecular complexity index is 1230. The average molecular weight is 442 g/mol. The van der Waals surface area contributed by atoms with Crippen LogP contribution in [0.5, 0.6) is 0 Å². The number of benzene rings is 2. The third-order valence-electron chi connectivity index (χ3n) is 6.44. The van der Waals surface area contributed by atoms with Gasteiger partial charge in [-0.2, -0.15) is 5.26 Å². The van der Waals surface area contributed by atoms with Crippen LogP contribution in [0.2, 0.25) is 0 Å². The zero-order chi connectivity index (χ0) is 23.4. The van der Waals surface area contributed by atoms with Gasteiger partial charge in [0.2, 0.25) is 0 Å². The minimum atomic E-state index is -0.00570. The van der Waals surface area contributed by atoms with Crippen LogP contribution in [0.15, 0.2) is 53.3 Å². The second kappa shape index (κ2) is 9.72. The smallest absolute Gasteiger partial charge is 0.257 e. The molecule has 5 nitrogen and oxygen atoms in total. The number of hydrogen-bond acceptors (Lipinski definition) is 4. The van der Waals surface area contributed by atoms with Crippen molar-refractivity contribution in [1.82, 2.24) is 9.55 Å². The van der Waals surface area contributed by atoms with E-state index in [2.05, 4.69) is 32.0 Å². The third kappa shape index (κ3) is 4.91. The molecule has 0 spiro atoms. The quantitative estimate of drug-likeness (QED) is 0.490. The highest BCUT2D eigenvalue weighted by molar-refractivity contribution is 5.70. The van der Waals surface area contributed by atoms with E-state index >= 15 is 0 Å². The maximum absolute atomic E-state index is 13.6. The molecular formula is C28H31N3O2. The predicted molar refractivity (Wildman–Crippen MR) is 130 cm³/mol. The summed E-state index contributed by atoms with van der Waals surface area (Å²) < 4.78 is 7.24. The van der Waals surface area contributed by atoms with Crippen LogP contribution in [-0.4, -0.2) is 22.8 Å². The molecule has 0 saturated carbocycles. The van der Waals surface area contributed by atoms with Crippen LogP contribution in [0, 0.1) is 23.7 Å². The Morgan fingerprint density at radius 1 is 1.15 bits per heavy atom. The molecule has 33 heavy (non-hydrogen) atoms. The highest BCUT2D eigenvalue weighted by Crippen LogP contribution is 2.29. The SMILES string of the molecule is CCCCc1nc(C)n(CC2(C)COC2)c(=O)c1Cc1ccc(-c2ccccc2C#N)cc1. The van der Waals surface area contributed by atoms with Gasteiger partial charge < -0.3 is 4.74 Å². The molecule has 1 aliphatic heterocycles. The summed E-state index contributed by atoms with van der Waals surface area (Å²) in [4.78, 5) is 18.5. The van der Waals surface area contributed by atoms with Crippen molar-refractivity contribution in [2.24, 2.45) is 5.41 Å². The third-order valence-corrected chi connectivity index (χ3v) is 6.44. The molecular weight excluding hydrogens is 410 g/mol. The van der Waals surface area contributed by atoms with Gasteiger partial charge in [0.1, 0.15) is 5.82 Å². The minimum absolute atomic E-state index is 0.00570. The van der Waals surface area contributed by atoms with Crippen LogP contribution in [0.1, 0.15) is 54.9 Å². The van der Waals surface area contributed by atoms with Crippen molar-refractivity contribution in [3.63, 3.8) is 0 Å². The van der Waals surface area contributed by atoms with Crippen molar-refractivity contribution in [3.05, 3.63) is 87.1 Å². The molecule has 5 heteroatoms. The van der Waals surface area contributed by atoms with Gasteiger partial charge in [-0.3, -0.25) is 9.36 Å². The molecule has 4 rings (SSSR count). The van der Waals surface area contributed by atoms with Crippen LogP contribution in [0.4, 0.5) is 0 Å². The predicted octanol–water partition coefficient (Wildman–Crippen LogP) is 5.06. The summed E-state index contributed by atoms with van der Waals surface area (Å²) in [6, 6.07) is 18.0.